The summed E-state index contributed by atoms with van der Waals surface area (Å²) < 4.78 is 83.5. The van der Waals surface area contributed by atoms with Crippen LogP contribution in [-0.4, -0.2) is 66.2 Å². The van der Waals surface area contributed by atoms with Gasteiger partial charge in [0.2, 0.25) is 0 Å². The van der Waals surface area contributed by atoms with Gasteiger partial charge in [-0.15, -0.1) is 0 Å². The highest BCUT2D eigenvalue weighted by Crippen LogP contribution is 2.32. The fourth-order valence-electron chi connectivity index (χ4n) is 4.60. The second-order valence-electron chi connectivity index (χ2n) is 10.3. The first-order valence-electron chi connectivity index (χ1n) is 13.0. The van der Waals surface area contributed by atoms with Gasteiger partial charge in [-0.25, -0.2) is 8.42 Å². The number of aromatic nitrogens is 1. The molecule has 42 heavy (non-hydrogen) atoms. The van der Waals surface area contributed by atoms with E-state index in [2.05, 4.69) is 34.9 Å². The van der Waals surface area contributed by atoms with Gasteiger partial charge < -0.3 is 25.7 Å². The molecule has 3 aromatic rings. The summed E-state index contributed by atoms with van der Waals surface area (Å²) in [6.45, 7) is 2.48. The molecule has 2 heterocycles. The number of nitrogens with zero attached hydrogens (tertiary/aromatic N) is 1. The Bertz CT molecular complexity index is 1760. The molecule has 0 saturated carbocycles. The standard InChI is InChI=1S/C29H33F3N4O4S2/c1-20(33)18-40-28-17-23(41(2,3)37)9-10-26(28)34-13-5-6-22-16-24-25(35-21-11-14-42(38,39)15-12-21)7-4-8-27(24)36(22)19-29(30,31)32/h4,7-10,16-17,21,34-35H,1-2,11-15,18-19,33H2,3H3. The SMILES string of the molecule is C=C(N)COc1cc(S(=C)(C)=O)ccc1NCC#Cc1cc2c(NC3CCS(=O)(=O)CC3)cccc2n1CC(F)(F)F. The number of ether oxygens (including phenoxy) is 1. The van der Waals surface area contributed by atoms with E-state index < -0.39 is 32.1 Å². The molecular formula is C29H33F3N4O4S2. The van der Waals surface area contributed by atoms with Crippen molar-refractivity contribution in [3.63, 3.8) is 0 Å². The maximum atomic E-state index is 13.6. The van der Waals surface area contributed by atoms with Crippen molar-refractivity contribution in [3.8, 4) is 17.6 Å². The molecule has 1 fully saturated rings. The molecule has 0 spiro atoms. The number of rotatable bonds is 9. The molecule has 0 radical (unpaired) electrons. The fraction of sp³-hybridized carbons (Fsp3) is 0.345. The number of halogens is 3. The van der Waals surface area contributed by atoms with Gasteiger partial charge in [0.25, 0.3) is 0 Å². The zero-order valence-electron chi connectivity index (χ0n) is 23.1. The van der Waals surface area contributed by atoms with E-state index in [9.17, 15) is 25.8 Å². The summed E-state index contributed by atoms with van der Waals surface area (Å²) >= 11 is 0. The Morgan fingerprint density at radius 1 is 1.19 bits per heavy atom. The summed E-state index contributed by atoms with van der Waals surface area (Å²) in [4.78, 5) is 0.479. The smallest absolute Gasteiger partial charge is 0.406 e. The monoisotopic (exact) mass is 622 g/mol. The molecule has 0 aliphatic carbocycles. The molecule has 1 saturated heterocycles. The molecule has 226 valence electrons. The first kappa shape index (κ1) is 31.2. The van der Waals surface area contributed by atoms with E-state index in [4.69, 9.17) is 10.5 Å². The first-order valence-corrected chi connectivity index (χ1v) is 17.0. The average molecular weight is 623 g/mol. The van der Waals surface area contributed by atoms with Crippen LogP contribution in [0.4, 0.5) is 24.5 Å². The highest BCUT2D eigenvalue weighted by molar-refractivity contribution is 7.99. The number of benzene rings is 2. The summed E-state index contributed by atoms with van der Waals surface area (Å²) in [7, 11) is -5.56. The van der Waals surface area contributed by atoms with Gasteiger partial charge in [0.15, 0.2) is 0 Å². The highest BCUT2D eigenvalue weighted by atomic mass is 32.2. The Kier molecular flexibility index (Phi) is 9.08. The average Bonchev–Trinajstić information content (AvgIpc) is 3.23. The molecule has 4 N–H and O–H groups in total. The van der Waals surface area contributed by atoms with Crippen LogP contribution in [0.2, 0.25) is 0 Å². The van der Waals surface area contributed by atoms with Gasteiger partial charge in [-0.2, -0.15) is 13.2 Å². The summed E-state index contributed by atoms with van der Waals surface area (Å²) in [6, 6.07) is 11.4. The molecule has 1 atom stereocenters. The number of sulfone groups is 1. The van der Waals surface area contributed by atoms with Crippen LogP contribution >= 0.6 is 0 Å². The molecule has 4 rings (SSSR count). The van der Waals surface area contributed by atoms with E-state index in [1.807, 2.05) is 0 Å². The lowest BCUT2D eigenvalue weighted by molar-refractivity contribution is -0.140. The van der Waals surface area contributed by atoms with Crippen LogP contribution in [0.25, 0.3) is 10.9 Å². The van der Waals surface area contributed by atoms with E-state index in [0.717, 1.165) is 4.57 Å². The zero-order chi connectivity index (χ0) is 30.7. The van der Waals surface area contributed by atoms with Crippen LogP contribution in [0.15, 0.2) is 59.6 Å². The number of anilines is 2. The summed E-state index contributed by atoms with van der Waals surface area (Å²) in [5.41, 5.74) is 7.60. The molecule has 1 aromatic heterocycles. The Hall–Kier alpha value is -3.76. The lowest BCUT2D eigenvalue weighted by Crippen LogP contribution is -2.32. The lowest BCUT2D eigenvalue weighted by atomic mass is 10.1. The molecule has 1 unspecified atom stereocenters. The van der Waals surface area contributed by atoms with Crippen LogP contribution < -0.4 is 21.1 Å². The Morgan fingerprint density at radius 2 is 1.90 bits per heavy atom. The molecule has 1 aliphatic rings. The quantitative estimate of drug-likeness (QED) is 0.242. The molecule has 1 aliphatic heterocycles. The van der Waals surface area contributed by atoms with Crippen LogP contribution in [0.1, 0.15) is 18.5 Å². The largest absolute Gasteiger partial charge is 0.485 e. The fourth-order valence-corrected chi connectivity index (χ4v) is 6.80. The Labute approximate surface area is 244 Å². The topological polar surface area (TPSA) is 115 Å². The number of fused-ring (bicyclic) bond motifs is 1. The van der Waals surface area contributed by atoms with E-state index in [1.54, 1.807) is 42.5 Å². The predicted molar refractivity (Wildman–Crippen MR) is 163 cm³/mol. The third-order valence-electron chi connectivity index (χ3n) is 6.65. The van der Waals surface area contributed by atoms with Crippen LogP contribution in [0, 0.1) is 11.8 Å². The zero-order valence-corrected chi connectivity index (χ0v) is 24.7. The molecular weight excluding hydrogens is 589 g/mol. The molecule has 0 amide bonds. The minimum atomic E-state index is -4.48. The van der Waals surface area contributed by atoms with Crippen molar-refractivity contribution in [3.05, 3.63) is 60.4 Å². The van der Waals surface area contributed by atoms with Gasteiger partial charge in [0.1, 0.15) is 28.7 Å². The lowest BCUT2D eigenvalue weighted by Gasteiger charge is -2.24. The summed E-state index contributed by atoms with van der Waals surface area (Å²) in [5, 5.41) is 6.97. The molecule has 2 aromatic carbocycles. The number of hydrogen-bond acceptors (Lipinski definition) is 7. The van der Waals surface area contributed by atoms with Gasteiger partial charge in [-0.3, -0.25) is 4.21 Å². The predicted octanol–water partition coefficient (Wildman–Crippen LogP) is 4.21. The molecule has 8 nitrogen and oxygen atoms in total. The highest BCUT2D eigenvalue weighted by Gasteiger charge is 2.30. The van der Waals surface area contributed by atoms with Gasteiger partial charge in [-0.1, -0.05) is 18.6 Å². The summed E-state index contributed by atoms with van der Waals surface area (Å²) in [5.74, 6) is 9.93. The van der Waals surface area contributed by atoms with Crippen molar-refractivity contribution in [2.45, 2.75) is 36.5 Å². The number of nitrogens with two attached hydrogens (primary N) is 1. The Morgan fingerprint density at radius 3 is 2.55 bits per heavy atom. The minimum Gasteiger partial charge on any atom is -0.485 e. The van der Waals surface area contributed by atoms with Gasteiger partial charge in [-0.05, 0) is 70.6 Å². The van der Waals surface area contributed by atoms with Gasteiger partial charge in [0.05, 0.1) is 34.9 Å². The molecule has 13 heteroatoms. The second kappa shape index (κ2) is 12.2. The number of hydrogen-bond donors (Lipinski definition) is 3. The van der Waals surface area contributed by atoms with Crippen LogP contribution in [-0.2, 0) is 25.9 Å². The van der Waals surface area contributed by atoms with Crippen molar-refractivity contribution >= 4 is 47.5 Å². The van der Waals surface area contributed by atoms with Crippen molar-refractivity contribution in [1.29, 1.82) is 0 Å². The van der Waals surface area contributed by atoms with Crippen LogP contribution in [0.3, 0.4) is 0 Å². The first-order chi connectivity index (χ1) is 19.6. The van der Waals surface area contributed by atoms with E-state index in [1.165, 1.54) is 6.26 Å². The number of nitrogens with one attached hydrogen (secondary N) is 2. The normalized spacial score (nSPS) is 16.7. The third-order valence-corrected chi connectivity index (χ3v) is 9.61. The van der Waals surface area contributed by atoms with Crippen LogP contribution in [0.5, 0.6) is 5.75 Å². The van der Waals surface area contributed by atoms with Crippen molar-refractivity contribution < 1.29 is 30.5 Å². The van der Waals surface area contributed by atoms with Gasteiger partial charge in [0, 0.05) is 34.0 Å². The minimum absolute atomic E-state index is 0.0243. The van der Waals surface area contributed by atoms with Crippen molar-refractivity contribution in [2.24, 2.45) is 5.73 Å². The van der Waals surface area contributed by atoms with E-state index >= 15 is 0 Å². The Balaban J connectivity index is 1.60. The second-order valence-corrected chi connectivity index (χ2v) is 15.1. The third kappa shape index (κ3) is 8.17. The summed E-state index contributed by atoms with van der Waals surface area (Å²) in [6.07, 6.45) is -2.12. The van der Waals surface area contributed by atoms with Crippen molar-refractivity contribution in [1.82, 2.24) is 4.57 Å². The number of alkyl halides is 3. The molecule has 0 bridgehead atoms. The van der Waals surface area contributed by atoms with Gasteiger partial charge >= 0.3 is 6.18 Å². The van der Waals surface area contributed by atoms with E-state index in [-0.39, 0.29) is 42.1 Å². The maximum absolute atomic E-state index is 13.6. The van der Waals surface area contributed by atoms with Crippen molar-refractivity contribution in [2.75, 3.05) is 41.5 Å². The maximum Gasteiger partial charge on any atom is 0.406 e. The van der Waals surface area contributed by atoms with E-state index in [0.29, 0.717) is 45.8 Å².